The van der Waals surface area contributed by atoms with Crippen LogP contribution in [-0.2, 0) is 20.6 Å². The molecule has 1 saturated heterocycles. The molecule has 1 atom stereocenters. The van der Waals surface area contributed by atoms with E-state index in [1.807, 2.05) is 0 Å². The quantitative estimate of drug-likeness (QED) is 0.619. The normalized spacial score (nSPS) is 23.0. The molecule has 0 amide bonds. The van der Waals surface area contributed by atoms with Crippen molar-refractivity contribution >= 4 is 11.2 Å². The van der Waals surface area contributed by atoms with Gasteiger partial charge < -0.3 is 14.0 Å². The van der Waals surface area contributed by atoms with Crippen molar-refractivity contribution in [1.82, 2.24) is 0 Å². The fourth-order valence-electron chi connectivity index (χ4n) is 0.722. The van der Waals surface area contributed by atoms with Crippen LogP contribution < -0.4 is 0 Å². The molecule has 0 aromatic heterocycles. The number of rotatable bonds is 2. The molecule has 1 aliphatic rings. The van der Waals surface area contributed by atoms with Crippen molar-refractivity contribution in [2.24, 2.45) is 0 Å². The van der Waals surface area contributed by atoms with Gasteiger partial charge in [0.1, 0.15) is 0 Å². The van der Waals surface area contributed by atoms with Gasteiger partial charge in [0.2, 0.25) is 6.29 Å². The Morgan fingerprint density at radius 1 is 1.33 bits per heavy atom. The Morgan fingerprint density at radius 3 is 2.25 bits per heavy atom. The molecule has 1 rings (SSSR count). The molecule has 0 spiro atoms. The molecule has 0 radical (unpaired) electrons. The van der Waals surface area contributed by atoms with E-state index in [9.17, 15) is 17.7 Å². The summed E-state index contributed by atoms with van der Waals surface area (Å²) in [5.41, 5.74) is -4.67. The lowest BCUT2D eigenvalue weighted by molar-refractivity contribution is -0.0524. The highest BCUT2D eigenvalue weighted by atomic mass is 32.2. The molecule has 12 heavy (non-hydrogen) atoms. The summed E-state index contributed by atoms with van der Waals surface area (Å²) in [5, 5.41) is 0. The lowest BCUT2D eigenvalue weighted by Crippen LogP contribution is -2.32. The van der Waals surface area contributed by atoms with Crippen molar-refractivity contribution in [1.29, 1.82) is 0 Å². The van der Waals surface area contributed by atoms with Crippen LogP contribution in [0.3, 0.4) is 0 Å². The molecule has 0 N–H and O–H groups in total. The highest BCUT2D eigenvalue weighted by molar-refractivity contribution is 7.92. The maximum absolute atomic E-state index is 11.7. The van der Waals surface area contributed by atoms with Gasteiger partial charge in [0.25, 0.3) is 0 Å². The van der Waals surface area contributed by atoms with Gasteiger partial charge >= 0.3 is 5.51 Å². The van der Waals surface area contributed by atoms with E-state index in [-0.39, 0.29) is 13.2 Å². The molecular weight excluding hydrogens is 197 g/mol. The van der Waals surface area contributed by atoms with Crippen LogP contribution in [0.2, 0.25) is 0 Å². The van der Waals surface area contributed by atoms with Crippen LogP contribution in [0.25, 0.3) is 0 Å². The molecule has 1 aliphatic heterocycles. The van der Waals surface area contributed by atoms with Crippen molar-refractivity contribution in [3.8, 4) is 0 Å². The van der Waals surface area contributed by atoms with Crippen LogP contribution in [0.5, 0.6) is 0 Å². The summed E-state index contributed by atoms with van der Waals surface area (Å²) >= 11 is -2.88. The first-order valence-corrected chi connectivity index (χ1v) is 4.50. The van der Waals surface area contributed by atoms with Crippen molar-refractivity contribution in [3.63, 3.8) is 0 Å². The van der Waals surface area contributed by atoms with Crippen LogP contribution in [-0.4, -0.2) is 35.3 Å². The summed E-state index contributed by atoms with van der Waals surface area (Å²) in [4.78, 5) is 0. The molecule has 0 bridgehead atoms. The van der Waals surface area contributed by atoms with E-state index in [0.717, 1.165) is 0 Å². The summed E-state index contributed by atoms with van der Waals surface area (Å²) in [6, 6.07) is 0. The van der Waals surface area contributed by atoms with Crippen LogP contribution in [0, 0.1) is 0 Å². The molecule has 1 unspecified atom stereocenters. The maximum atomic E-state index is 11.7. The maximum Gasteiger partial charge on any atom is 0.572 e. The van der Waals surface area contributed by atoms with E-state index in [0.29, 0.717) is 0 Å². The van der Waals surface area contributed by atoms with E-state index in [1.165, 1.54) is 0 Å². The highest BCUT2D eigenvalue weighted by Gasteiger charge is 2.46. The predicted molar refractivity (Wildman–Crippen MR) is 34.8 cm³/mol. The molecule has 1 fully saturated rings. The van der Waals surface area contributed by atoms with Crippen LogP contribution >= 0.6 is 0 Å². The predicted octanol–water partition coefficient (Wildman–Crippen LogP) is 0.628. The van der Waals surface area contributed by atoms with Crippen molar-refractivity contribution in [2.45, 2.75) is 11.8 Å². The smallest absolute Gasteiger partial charge is 0.572 e. The Kier molecular flexibility index (Phi) is 3.22. The largest absolute Gasteiger partial charge is 0.609 e. The average molecular weight is 204 g/mol. The number of hydrogen-bond donors (Lipinski definition) is 0. The fraction of sp³-hybridized carbons (Fsp3) is 1.00. The van der Waals surface area contributed by atoms with Gasteiger partial charge in [-0.25, -0.2) is 0 Å². The average Bonchev–Trinajstić information content (AvgIpc) is 2.37. The second kappa shape index (κ2) is 3.82. The zero-order valence-corrected chi connectivity index (χ0v) is 6.78. The van der Waals surface area contributed by atoms with Gasteiger partial charge in [-0.15, -0.1) is 13.2 Å². The van der Waals surface area contributed by atoms with E-state index < -0.39 is 28.7 Å². The SMILES string of the molecule is [O-][S+](CC1OCCO1)C(F)(F)F. The number of ether oxygens (including phenoxy) is 2. The third-order valence-electron chi connectivity index (χ3n) is 1.24. The third-order valence-corrected chi connectivity index (χ3v) is 2.33. The Bertz CT molecular complexity index is 145. The number of alkyl halides is 3. The van der Waals surface area contributed by atoms with E-state index in [1.54, 1.807) is 0 Å². The first-order chi connectivity index (χ1) is 5.50. The molecule has 3 nitrogen and oxygen atoms in total. The van der Waals surface area contributed by atoms with Crippen LogP contribution in [0.1, 0.15) is 0 Å². The van der Waals surface area contributed by atoms with E-state index in [4.69, 9.17) is 9.47 Å². The second-order valence-electron chi connectivity index (χ2n) is 2.13. The second-order valence-corrected chi connectivity index (χ2v) is 3.62. The van der Waals surface area contributed by atoms with Gasteiger partial charge in [0.05, 0.1) is 24.4 Å². The molecule has 0 aromatic carbocycles. The topological polar surface area (TPSA) is 41.5 Å². The van der Waals surface area contributed by atoms with Gasteiger partial charge in [-0.2, -0.15) is 0 Å². The minimum absolute atomic E-state index is 0.264. The summed E-state index contributed by atoms with van der Waals surface area (Å²) in [5.74, 6) is -0.635. The minimum atomic E-state index is -4.67. The Morgan fingerprint density at radius 2 is 1.83 bits per heavy atom. The zero-order chi connectivity index (χ0) is 9.19. The molecule has 0 saturated carbocycles. The molecule has 72 valence electrons. The zero-order valence-electron chi connectivity index (χ0n) is 5.97. The Labute approximate surface area is 70.0 Å². The summed E-state index contributed by atoms with van der Waals surface area (Å²) in [6.07, 6.45) is -0.965. The van der Waals surface area contributed by atoms with Gasteiger partial charge in [-0.1, -0.05) is 0 Å². The van der Waals surface area contributed by atoms with Gasteiger partial charge in [-0.3, -0.25) is 0 Å². The van der Waals surface area contributed by atoms with Crippen molar-refractivity contribution in [3.05, 3.63) is 0 Å². The fourth-order valence-corrected chi connectivity index (χ4v) is 1.35. The minimum Gasteiger partial charge on any atom is -0.609 e. The lowest BCUT2D eigenvalue weighted by atomic mass is 10.8. The lowest BCUT2D eigenvalue weighted by Gasteiger charge is -2.15. The highest BCUT2D eigenvalue weighted by Crippen LogP contribution is 2.25. The van der Waals surface area contributed by atoms with Crippen LogP contribution in [0.4, 0.5) is 13.2 Å². The van der Waals surface area contributed by atoms with Crippen molar-refractivity contribution < 1.29 is 27.2 Å². The van der Waals surface area contributed by atoms with Crippen LogP contribution in [0.15, 0.2) is 0 Å². The molecular formula is C5H7F3O3S. The monoisotopic (exact) mass is 204 g/mol. The number of halogens is 3. The van der Waals surface area contributed by atoms with Gasteiger partial charge in [-0.05, 0) is 0 Å². The summed E-state index contributed by atoms with van der Waals surface area (Å²) in [7, 11) is 0. The number of hydrogen-bond acceptors (Lipinski definition) is 3. The molecule has 0 aromatic rings. The molecule has 0 aliphatic carbocycles. The van der Waals surface area contributed by atoms with Gasteiger partial charge in [0, 0.05) is 0 Å². The summed E-state index contributed by atoms with van der Waals surface area (Å²) in [6.45, 7) is 0.527. The molecule has 1 heterocycles. The third kappa shape index (κ3) is 2.81. The summed E-state index contributed by atoms with van der Waals surface area (Å²) < 4.78 is 54.9. The molecule has 7 heteroatoms. The van der Waals surface area contributed by atoms with E-state index in [2.05, 4.69) is 0 Å². The Hall–Kier alpha value is 0.0200. The standard InChI is InChI=1S/C5H7F3O3S/c6-5(7,8)12(9)3-4-10-1-2-11-4/h4H,1-3H2. The Balaban J connectivity index is 2.30. The first-order valence-electron chi connectivity index (χ1n) is 3.18. The van der Waals surface area contributed by atoms with E-state index >= 15 is 0 Å². The first kappa shape index (κ1) is 10.1. The van der Waals surface area contributed by atoms with Crippen molar-refractivity contribution in [2.75, 3.05) is 19.0 Å². The van der Waals surface area contributed by atoms with Gasteiger partial charge in [0.15, 0.2) is 5.75 Å².